The summed E-state index contributed by atoms with van der Waals surface area (Å²) in [6, 6.07) is 14.7. The molecule has 27 heavy (non-hydrogen) atoms. The third kappa shape index (κ3) is 4.89. The fraction of sp³-hybridized carbons (Fsp3) is 0.200. The first-order valence-electron chi connectivity index (χ1n) is 8.38. The smallest absolute Gasteiger partial charge is 0.266 e. The Morgan fingerprint density at radius 2 is 2.00 bits per heavy atom. The molecule has 0 spiro atoms. The summed E-state index contributed by atoms with van der Waals surface area (Å²) in [6.45, 7) is 2.70. The maximum absolute atomic E-state index is 12.7. The molecule has 3 rings (SSSR count). The van der Waals surface area contributed by atoms with Gasteiger partial charge >= 0.3 is 0 Å². The van der Waals surface area contributed by atoms with Crippen LogP contribution in [0.4, 0.5) is 11.4 Å². The summed E-state index contributed by atoms with van der Waals surface area (Å²) < 4.78 is 6.20. The van der Waals surface area contributed by atoms with Crippen LogP contribution in [0.1, 0.15) is 5.56 Å². The lowest BCUT2D eigenvalue weighted by Crippen LogP contribution is -2.36. The van der Waals surface area contributed by atoms with E-state index in [1.165, 1.54) is 0 Å². The SMILES string of the molecule is N#C/C(=C\c1ccccc1Br)C(=O)Nc1cc(Cl)ccc1N1CCOCC1. The van der Waals surface area contributed by atoms with Crippen LogP contribution in [-0.2, 0) is 9.53 Å². The van der Waals surface area contributed by atoms with Gasteiger partial charge in [0.25, 0.3) is 5.91 Å². The summed E-state index contributed by atoms with van der Waals surface area (Å²) >= 11 is 9.54. The van der Waals surface area contributed by atoms with Crippen molar-refractivity contribution in [3.8, 4) is 6.07 Å². The molecule has 1 amide bonds. The van der Waals surface area contributed by atoms with Crippen LogP contribution in [0.2, 0.25) is 5.02 Å². The molecule has 1 aliphatic rings. The zero-order chi connectivity index (χ0) is 19.2. The minimum Gasteiger partial charge on any atom is -0.378 e. The van der Waals surface area contributed by atoms with Crippen molar-refractivity contribution in [2.45, 2.75) is 0 Å². The highest BCUT2D eigenvalue weighted by Crippen LogP contribution is 2.30. The predicted octanol–water partition coefficient (Wildman–Crippen LogP) is 4.48. The molecule has 0 aromatic heterocycles. The monoisotopic (exact) mass is 445 g/mol. The number of morpholine rings is 1. The second-order valence-electron chi connectivity index (χ2n) is 5.91. The summed E-state index contributed by atoms with van der Waals surface area (Å²) in [4.78, 5) is 14.8. The number of carbonyl (C=O) groups is 1. The van der Waals surface area contributed by atoms with E-state index in [1.54, 1.807) is 18.2 Å². The van der Waals surface area contributed by atoms with Crippen molar-refractivity contribution in [2.24, 2.45) is 0 Å². The van der Waals surface area contributed by atoms with Crippen LogP contribution in [0.3, 0.4) is 0 Å². The minimum absolute atomic E-state index is 0.00908. The van der Waals surface area contributed by atoms with E-state index < -0.39 is 5.91 Å². The second kappa shape index (κ2) is 9.05. The predicted molar refractivity (Wildman–Crippen MR) is 111 cm³/mol. The first kappa shape index (κ1) is 19.4. The van der Waals surface area contributed by atoms with Crippen LogP contribution in [0.5, 0.6) is 0 Å². The molecule has 0 radical (unpaired) electrons. The molecule has 1 saturated heterocycles. The van der Waals surface area contributed by atoms with Crippen LogP contribution >= 0.6 is 27.5 Å². The Balaban J connectivity index is 1.87. The Morgan fingerprint density at radius 1 is 1.26 bits per heavy atom. The quantitative estimate of drug-likeness (QED) is 0.555. The van der Waals surface area contributed by atoms with Crippen molar-refractivity contribution in [1.82, 2.24) is 0 Å². The number of carbonyl (C=O) groups excluding carboxylic acids is 1. The minimum atomic E-state index is -0.481. The summed E-state index contributed by atoms with van der Waals surface area (Å²) in [5.74, 6) is -0.481. The molecule has 2 aromatic rings. The average Bonchev–Trinajstić information content (AvgIpc) is 2.68. The van der Waals surface area contributed by atoms with Crippen LogP contribution in [0.15, 0.2) is 52.5 Å². The third-order valence-corrected chi connectivity index (χ3v) is 5.09. The number of nitrogens with one attached hydrogen (secondary N) is 1. The number of hydrogen-bond acceptors (Lipinski definition) is 4. The number of anilines is 2. The molecule has 1 aliphatic heterocycles. The van der Waals surface area contributed by atoms with E-state index in [-0.39, 0.29) is 5.57 Å². The molecule has 0 saturated carbocycles. The summed E-state index contributed by atoms with van der Waals surface area (Å²) in [5, 5.41) is 12.8. The largest absolute Gasteiger partial charge is 0.378 e. The second-order valence-corrected chi connectivity index (χ2v) is 7.20. The van der Waals surface area contributed by atoms with Crippen LogP contribution < -0.4 is 10.2 Å². The Hall–Kier alpha value is -2.33. The van der Waals surface area contributed by atoms with E-state index >= 15 is 0 Å². The van der Waals surface area contributed by atoms with Gasteiger partial charge in [-0.05, 0) is 35.9 Å². The molecule has 7 heteroatoms. The number of ether oxygens (including phenoxy) is 1. The lowest BCUT2D eigenvalue weighted by Gasteiger charge is -2.30. The Bertz CT molecular complexity index is 918. The maximum atomic E-state index is 12.7. The average molecular weight is 447 g/mol. The molecule has 0 unspecified atom stereocenters. The number of nitriles is 1. The zero-order valence-electron chi connectivity index (χ0n) is 14.4. The van der Waals surface area contributed by atoms with E-state index in [4.69, 9.17) is 16.3 Å². The normalized spacial score (nSPS) is 14.6. The third-order valence-electron chi connectivity index (χ3n) is 4.13. The molecule has 0 aliphatic carbocycles. The highest BCUT2D eigenvalue weighted by molar-refractivity contribution is 9.10. The Kier molecular flexibility index (Phi) is 6.51. The van der Waals surface area contributed by atoms with Gasteiger partial charge in [0.1, 0.15) is 11.6 Å². The van der Waals surface area contributed by atoms with Crippen molar-refractivity contribution in [2.75, 3.05) is 36.5 Å². The molecule has 1 N–H and O–H groups in total. The van der Waals surface area contributed by atoms with E-state index in [1.807, 2.05) is 36.4 Å². The fourth-order valence-electron chi connectivity index (χ4n) is 2.77. The summed E-state index contributed by atoms with van der Waals surface area (Å²) in [5.41, 5.74) is 2.19. The standard InChI is InChI=1S/C20H17BrClN3O2/c21-17-4-2-1-3-14(17)11-15(13-23)20(26)24-18-12-16(22)5-6-19(18)25-7-9-27-10-8-25/h1-6,11-12H,7-10H2,(H,24,26)/b15-11+. The van der Waals surface area contributed by atoms with Crippen molar-refractivity contribution < 1.29 is 9.53 Å². The van der Waals surface area contributed by atoms with Gasteiger partial charge in [-0.1, -0.05) is 45.7 Å². The van der Waals surface area contributed by atoms with E-state index in [0.29, 0.717) is 23.9 Å². The number of nitrogens with zero attached hydrogens (tertiary/aromatic N) is 2. The van der Waals surface area contributed by atoms with Crippen molar-refractivity contribution in [1.29, 1.82) is 5.26 Å². The van der Waals surface area contributed by atoms with Crippen LogP contribution in [0.25, 0.3) is 6.08 Å². The van der Waals surface area contributed by atoms with Crippen molar-refractivity contribution >= 4 is 50.9 Å². The number of amides is 1. The number of halogens is 2. The van der Waals surface area contributed by atoms with E-state index in [0.717, 1.165) is 28.8 Å². The van der Waals surface area contributed by atoms with E-state index in [2.05, 4.69) is 26.1 Å². The molecule has 1 heterocycles. The highest BCUT2D eigenvalue weighted by atomic mass is 79.9. The van der Waals surface area contributed by atoms with Gasteiger partial charge in [-0.15, -0.1) is 0 Å². The molecule has 0 bridgehead atoms. The molecule has 5 nitrogen and oxygen atoms in total. The summed E-state index contributed by atoms with van der Waals surface area (Å²) in [6.07, 6.45) is 1.55. The van der Waals surface area contributed by atoms with Gasteiger partial charge in [0.15, 0.2) is 0 Å². The molecular formula is C20H17BrClN3O2. The maximum Gasteiger partial charge on any atom is 0.266 e. The fourth-order valence-corrected chi connectivity index (χ4v) is 3.35. The molecule has 0 atom stereocenters. The highest BCUT2D eigenvalue weighted by Gasteiger charge is 2.18. The van der Waals surface area contributed by atoms with Gasteiger partial charge in [0.2, 0.25) is 0 Å². The number of rotatable bonds is 4. The van der Waals surface area contributed by atoms with Gasteiger partial charge in [-0.25, -0.2) is 0 Å². The van der Waals surface area contributed by atoms with Gasteiger partial charge in [0.05, 0.1) is 24.6 Å². The van der Waals surface area contributed by atoms with Gasteiger partial charge < -0.3 is 15.0 Å². The van der Waals surface area contributed by atoms with Gasteiger partial charge in [0, 0.05) is 22.6 Å². The molecular weight excluding hydrogens is 430 g/mol. The lowest BCUT2D eigenvalue weighted by molar-refractivity contribution is -0.112. The summed E-state index contributed by atoms with van der Waals surface area (Å²) in [7, 11) is 0. The molecule has 1 fully saturated rings. The van der Waals surface area contributed by atoms with Crippen LogP contribution in [-0.4, -0.2) is 32.2 Å². The van der Waals surface area contributed by atoms with Crippen LogP contribution in [0, 0.1) is 11.3 Å². The zero-order valence-corrected chi connectivity index (χ0v) is 16.8. The number of benzene rings is 2. The number of hydrogen-bond donors (Lipinski definition) is 1. The topological polar surface area (TPSA) is 65.4 Å². The van der Waals surface area contributed by atoms with Crippen molar-refractivity contribution in [3.05, 3.63) is 63.1 Å². The Morgan fingerprint density at radius 3 is 2.70 bits per heavy atom. The van der Waals surface area contributed by atoms with Gasteiger partial charge in [-0.2, -0.15) is 5.26 Å². The molecule has 2 aromatic carbocycles. The van der Waals surface area contributed by atoms with Gasteiger partial charge in [-0.3, -0.25) is 4.79 Å². The Labute approximate surface area is 171 Å². The van der Waals surface area contributed by atoms with E-state index in [9.17, 15) is 10.1 Å². The first-order valence-corrected chi connectivity index (χ1v) is 9.55. The lowest BCUT2D eigenvalue weighted by atomic mass is 10.1. The van der Waals surface area contributed by atoms with Crippen molar-refractivity contribution in [3.63, 3.8) is 0 Å². The molecule has 138 valence electrons. The first-order chi connectivity index (χ1) is 13.1.